The van der Waals surface area contributed by atoms with Gasteiger partial charge in [0, 0.05) is 0 Å². The Bertz CT molecular complexity index is 307. The van der Waals surface area contributed by atoms with Gasteiger partial charge in [-0.3, -0.25) is 0 Å². The number of allylic oxidation sites excluding steroid dienone is 1. The Morgan fingerprint density at radius 2 is 2.25 bits per heavy atom. The van der Waals surface area contributed by atoms with E-state index < -0.39 is 0 Å². The van der Waals surface area contributed by atoms with Crippen molar-refractivity contribution >= 4 is 0 Å². The molecule has 0 radical (unpaired) electrons. The number of hydrogen-bond donors (Lipinski definition) is 0. The van der Waals surface area contributed by atoms with Crippen LogP contribution >= 0.6 is 0 Å². The van der Waals surface area contributed by atoms with Crippen LogP contribution < -0.4 is 4.74 Å². The van der Waals surface area contributed by atoms with Crippen LogP contribution in [-0.2, 0) is 6.42 Å². The van der Waals surface area contributed by atoms with Gasteiger partial charge in [0.1, 0.15) is 11.9 Å². The minimum Gasteiger partial charge on any atom is -0.408 e. The van der Waals surface area contributed by atoms with Gasteiger partial charge in [0.15, 0.2) is 0 Å². The minimum atomic E-state index is 0.736. The zero-order chi connectivity index (χ0) is 8.81. The van der Waals surface area contributed by atoms with Crippen LogP contribution in [0.4, 0.5) is 0 Å². The van der Waals surface area contributed by atoms with Gasteiger partial charge in [0.05, 0.1) is 0 Å². The van der Waals surface area contributed by atoms with Crippen molar-refractivity contribution in [3.05, 3.63) is 42.5 Å². The lowest BCUT2D eigenvalue weighted by molar-refractivity contribution is 0.515. The van der Waals surface area contributed by atoms with Gasteiger partial charge in [-0.1, -0.05) is 30.7 Å². The number of para-hydroxylation sites is 1. The van der Waals surface area contributed by atoms with E-state index in [0.717, 1.165) is 17.7 Å². The first-order valence-corrected chi connectivity index (χ1v) is 3.69. The number of benzene rings is 1. The molecule has 0 amide bonds. The summed E-state index contributed by atoms with van der Waals surface area (Å²) >= 11 is 0. The van der Waals surface area contributed by atoms with E-state index in [1.165, 1.54) is 0 Å². The van der Waals surface area contributed by atoms with Crippen LogP contribution in [0.15, 0.2) is 36.9 Å². The zero-order valence-corrected chi connectivity index (χ0v) is 6.79. The molecule has 60 valence electrons. The number of rotatable bonds is 3. The maximum atomic E-state index is 5.03. The SMILES string of the molecule is C#COc1ccccc1CC=C. The molecule has 0 spiro atoms. The third-order valence-electron chi connectivity index (χ3n) is 1.51. The van der Waals surface area contributed by atoms with E-state index in [2.05, 4.69) is 12.7 Å². The molecule has 0 bridgehead atoms. The van der Waals surface area contributed by atoms with E-state index in [0.29, 0.717) is 0 Å². The van der Waals surface area contributed by atoms with E-state index in [4.69, 9.17) is 11.2 Å². The minimum absolute atomic E-state index is 0.736. The number of hydrogen-bond acceptors (Lipinski definition) is 1. The fraction of sp³-hybridized carbons (Fsp3) is 0.0909. The monoisotopic (exact) mass is 158 g/mol. The summed E-state index contributed by atoms with van der Waals surface area (Å²) in [5, 5.41) is 0. The van der Waals surface area contributed by atoms with Gasteiger partial charge >= 0.3 is 0 Å². The average Bonchev–Trinajstić information content (AvgIpc) is 2.09. The predicted molar refractivity (Wildman–Crippen MR) is 49.8 cm³/mol. The van der Waals surface area contributed by atoms with Crippen LogP contribution in [0.5, 0.6) is 5.75 Å². The second kappa shape index (κ2) is 4.25. The molecule has 0 fully saturated rings. The highest BCUT2D eigenvalue weighted by molar-refractivity contribution is 5.35. The maximum Gasteiger partial charge on any atom is 0.143 e. The lowest BCUT2D eigenvalue weighted by Crippen LogP contribution is -1.88. The van der Waals surface area contributed by atoms with Crippen molar-refractivity contribution in [2.24, 2.45) is 0 Å². The normalized spacial score (nSPS) is 8.58. The molecule has 0 saturated heterocycles. The molecule has 0 N–H and O–H groups in total. The lowest BCUT2D eigenvalue weighted by atomic mass is 10.1. The fourth-order valence-corrected chi connectivity index (χ4v) is 0.991. The van der Waals surface area contributed by atoms with E-state index in [9.17, 15) is 0 Å². The molecule has 1 heteroatoms. The van der Waals surface area contributed by atoms with Gasteiger partial charge in [-0.05, 0) is 18.1 Å². The van der Waals surface area contributed by atoms with Gasteiger partial charge < -0.3 is 4.74 Å². The molecular weight excluding hydrogens is 148 g/mol. The molecule has 0 aliphatic heterocycles. The molecule has 1 nitrogen and oxygen atoms in total. The van der Waals surface area contributed by atoms with E-state index >= 15 is 0 Å². The summed E-state index contributed by atoms with van der Waals surface area (Å²) in [4.78, 5) is 0. The topological polar surface area (TPSA) is 9.23 Å². The predicted octanol–water partition coefficient (Wildman–Crippen LogP) is 2.38. The third-order valence-corrected chi connectivity index (χ3v) is 1.51. The molecule has 0 saturated carbocycles. The highest BCUT2D eigenvalue weighted by atomic mass is 16.5. The molecule has 0 aromatic heterocycles. The van der Waals surface area contributed by atoms with Crippen LogP contribution in [0, 0.1) is 12.5 Å². The van der Waals surface area contributed by atoms with Crippen molar-refractivity contribution in [1.29, 1.82) is 0 Å². The second-order valence-corrected chi connectivity index (χ2v) is 2.32. The van der Waals surface area contributed by atoms with Gasteiger partial charge in [0.25, 0.3) is 0 Å². The molecule has 0 unspecified atom stereocenters. The summed E-state index contributed by atoms with van der Waals surface area (Å²) in [5.41, 5.74) is 1.06. The molecule has 1 rings (SSSR count). The Balaban J connectivity index is 2.93. The van der Waals surface area contributed by atoms with Crippen molar-refractivity contribution in [1.82, 2.24) is 0 Å². The molecule has 0 aliphatic carbocycles. The Hall–Kier alpha value is -1.68. The van der Waals surface area contributed by atoms with Crippen molar-refractivity contribution in [3.63, 3.8) is 0 Å². The first-order chi connectivity index (χ1) is 5.88. The summed E-state index contributed by atoms with van der Waals surface area (Å²) in [6, 6.07) is 7.65. The summed E-state index contributed by atoms with van der Waals surface area (Å²) < 4.78 is 4.97. The molecular formula is C11H10O. The van der Waals surface area contributed by atoms with Gasteiger partial charge in [0.2, 0.25) is 0 Å². The van der Waals surface area contributed by atoms with E-state index in [-0.39, 0.29) is 0 Å². The van der Waals surface area contributed by atoms with E-state index in [1.54, 1.807) is 0 Å². The van der Waals surface area contributed by atoms with Crippen molar-refractivity contribution in [2.45, 2.75) is 6.42 Å². The third kappa shape index (κ3) is 1.90. The molecule has 0 aliphatic rings. The summed E-state index contributed by atoms with van der Waals surface area (Å²) in [6.07, 6.45) is 9.77. The van der Waals surface area contributed by atoms with Crippen molar-refractivity contribution in [2.75, 3.05) is 0 Å². The second-order valence-electron chi connectivity index (χ2n) is 2.32. The Morgan fingerprint density at radius 3 is 2.92 bits per heavy atom. The number of terminal acetylenes is 1. The Morgan fingerprint density at radius 1 is 1.50 bits per heavy atom. The zero-order valence-electron chi connectivity index (χ0n) is 6.79. The van der Waals surface area contributed by atoms with Crippen LogP contribution in [0.3, 0.4) is 0 Å². The van der Waals surface area contributed by atoms with Gasteiger partial charge in [-0.25, -0.2) is 0 Å². The first kappa shape index (κ1) is 8.42. The smallest absolute Gasteiger partial charge is 0.143 e. The maximum absolute atomic E-state index is 5.03. The van der Waals surface area contributed by atoms with Crippen LogP contribution in [0.1, 0.15) is 5.56 Å². The van der Waals surface area contributed by atoms with E-state index in [1.807, 2.05) is 30.3 Å². The standard InChI is InChI=1S/C11H10O/c1-3-7-10-8-5-6-9-11(10)12-4-2/h2-3,5-6,8-9H,1,7H2. The van der Waals surface area contributed by atoms with Crippen molar-refractivity contribution in [3.8, 4) is 18.3 Å². The Labute approximate surface area is 72.7 Å². The molecule has 0 heterocycles. The Kier molecular flexibility index (Phi) is 2.98. The highest BCUT2D eigenvalue weighted by Crippen LogP contribution is 2.17. The van der Waals surface area contributed by atoms with Crippen molar-refractivity contribution < 1.29 is 4.74 Å². The largest absolute Gasteiger partial charge is 0.408 e. The average molecular weight is 158 g/mol. The first-order valence-electron chi connectivity index (χ1n) is 3.69. The quantitative estimate of drug-likeness (QED) is 0.484. The summed E-state index contributed by atoms with van der Waals surface area (Å²) in [5.74, 6) is 0.736. The van der Waals surface area contributed by atoms with Crippen LogP contribution in [-0.4, -0.2) is 0 Å². The fourth-order valence-electron chi connectivity index (χ4n) is 0.991. The van der Waals surface area contributed by atoms with Crippen LogP contribution in [0.2, 0.25) is 0 Å². The molecule has 1 aromatic rings. The summed E-state index contributed by atoms with van der Waals surface area (Å²) in [7, 11) is 0. The van der Waals surface area contributed by atoms with Gasteiger partial charge in [-0.2, -0.15) is 0 Å². The highest BCUT2D eigenvalue weighted by Gasteiger charge is 1.98. The van der Waals surface area contributed by atoms with Gasteiger partial charge in [-0.15, -0.1) is 6.58 Å². The molecule has 1 aromatic carbocycles. The molecule has 0 atom stereocenters. The van der Waals surface area contributed by atoms with Crippen LogP contribution in [0.25, 0.3) is 0 Å². The lowest BCUT2D eigenvalue weighted by Gasteiger charge is -2.02. The number of ether oxygens (including phenoxy) is 1. The molecule has 12 heavy (non-hydrogen) atoms. The summed E-state index contributed by atoms with van der Waals surface area (Å²) in [6.45, 7) is 3.65.